The number of ether oxygens (including phenoxy) is 2. The molecular weight excluding hydrogens is 329 g/mol. The highest BCUT2D eigenvalue weighted by atomic mass is 32.2. The number of rotatable bonds is 4. The molecule has 0 N–H and O–H groups in total. The third-order valence-corrected chi connectivity index (χ3v) is 7.56. The SMILES string of the molecule is COc1ccc(S(=O)(=O)N2CC3(C[C@@H](OC)CS3)C2)cc1F. The van der Waals surface area contributed by atoms with Gasteiger partial charge in [0.25, 0.3) is 0 Å². The quantitative estimate of drug-likeness (QED) is 0.830. The van der Waals surface area contributed by atoms with Crippen LogP contribution < -0.4 is 4.74 Å². The van der Waals surface area contributed by atoms with Gasteiger partial charge in [-0.2, -0.15) is 4.31 Å². The maximum absolute atomic E-state index is 13.7. The summed E-state index contributed by atoms with van der Waals surface area (Å²) in [6.45, 7) is 0.904. The standard InChI is InChI=1S/C14H18FNO4S2/c1-19-10-6-14(21-7-10)8-16(9-14)22(17,18)11-3-4-13(20-2)12(15)5-11/h3-5,10H,6-9H2,1-2H3/t10-/m1/s1. The molecule has 22 heavy (non-hydrogen) atoms. The molecule has 1 spiro atoms. The summed E-state index contributed by atoms with van der Waals surface area (Å²) in [4.78, 5) is -0.0352. The third-order valence-electron chi connectivity index (χ3n) is 4.20. The second kappa shape index (κ2) is 5.67. The molecule has 0 unspecified atom stereocenters. The van der Waals surface area contributed by atoms with Gasteiger partial charge in [0.1, 0.15) is 0 Å². The monoisotopic (exact) mass is 347 g/mol. The molecule has 1 aromatic rings. The van der Waals surface area contributed by atoms with E-state index in [1.807, 2.05) is 0 Å². The van der Waals surface area contributed by atoms with Gasteiger partial charge in [0.05, 0.1) is 18.1 Å². The second-order valence-electron chi connectivity index (χ2n) is 5.63. The minimum Gasteiger partial charge on any atom is -0.494 e. The van der Waals surface area contributed by atoms with Crippen LogP contribution in [0.1, 0.15) is 6.42 Å². The van der Waals surface area contributed by atoms with E-state index in [0.29, 0.717) is 13.1 Å². The zero-order valence-electron chi connectivity index (χ0n) is 12.4. The lowest BCUT2D eigenvalue weighted by molar-refractivity contribution is 0.0931. The smallest absolute Gasteiger partial charge is 0.243 e. The zero-order valence-corrected chi connectivity index (χ0v) is 14.0. The van der Waals surface area contributed by atoms with Crippen molar-refractivity contribution in [3.05, 3.63) is 24.0 Å². The van der Waals surface area contributed by atoms with E-state index in [0.717, 1.165) is 18.2 Å². The molecule has 1 atom stereocenters. The molecule has 2 heterocycles. The van der Waals surface area contributed by atoms with Crippen molar-refractivity contribution in [1.82, 2.24) is 4.31 Å². The van der Waals surface area contributed by atoms with Crippen molar-refractivity contribution in [1.29, 1.82) is 0 Å². The summed E-state index contributed by atoms with van der Waals surface area (Å²) in [5, 5.41) is 0. The van der Waals surface area contributed by atoms with E-state index < -0.39 is 15.8 Å². The predicted molar refractivity (Wildman–Crippen MR) is 82.3 cm³/mol. The minimum absolute atomic E-state index is 0.0352. The van der Waals surface area contributed by atoms with Crippen LogP contribution in [0.15, 0.2) is 23.1 Å². The number of halogens is 1. The van der Waals surface area contributed by atoms with Gasteiger partial charge in [-0.05, 0) is 24.6 Å². The third kappa shape index (κ3) is 2.62. The molecule has 2 aliphatic heterocycles. The van der Waals surface area contributed by atoms with E-state index in [-0.39, 0.29) is 21.5 Å². The average Bonchev–Trinajstić information content (AvgIpc) is 2.90. The number of thioether (sulfide) groups is 1. The van der Waals surface area contributed by atoms with Crippen LogP contribution in [0.25, 0.3) is 0 Å². The Bertz CT molecular complexity index is 673. The molecular formula is C14H18FNO4S2. The highest BCUT2D eigenvalue weighted by Gasteiger charge is 2.53. The first-order chi connectivity index (χ1) is 10.4. The van der Waals surface area contributed by atoms with E-state index in [1.54, 1.807) is 18.9 Å². The Morgan fingerprint density at radius 2 is 2.09 bits per heavy atom. The van der Waals surface area contributed by atoms with Crippen LogP contribution in [0.5, 0.6) is 5.75 Å². The lowest BCUT2D eigenvalue weighted by Gasteiger charge is -2.46. The van der Waals surface area contributed by atoms with Gasteiger partial charge in [0.2, 0.25) is 10.0 Å². The molecule has 0 radical (unpaired) electrons. The van der Waals surface area contributed by atoms with Crippen LogP contribution in [-0.2, 0) is 14.8 Å². The van der Waals surface area contributed by atoms with Crippen molar-refractivity contribution in [3.63, 3.8) is 0 Å². The highest BCUT2D eigenvalue weighted by molar-refractivity contribution is 8.01. The van der Waals surface area contributed by atoms with Crippen molar-refractivity contribution >= 4 is 21.8 Å². The normalized spacial score (nSPS) is 24.4. The second-order valence-corrected chi connectivity index (χ2v) is 9.05. The number of sulfonamides is 1. The molecule has 0 saturated carbocycles. The van der Waals surface area contributed by atoms with E-state index in [9.17, 15) is 12.8 Å². The largest absolute Gasteiger partial charge is 0.494 e. The van der Waals surface area contributed by atoms with E-state index >= 15 is 0 Å². The Balaban J connectivity index is 1.74. The molecule has 3 rings (SSSR count). The lowest BCUT2D eigenvalue weighted by Crippen LogP contribution is -2.60. The van der Waals surface area contributed by atoms with Gasteiger partial charge in [-0.15, -0.1) is 11.8 Å². The summed E-state index contributed by atoms with van der Waals surface area (Å²) in [5.74, 6) is 0.253. The Kier molecular flexibility index (Phi) is 4.13. The Morgan fingerprint density at radius 3 is 2.64 bits per heavy atom. The summed E-state index contributed by atoms with van der Waals surface area (Å²) in [6.07, 6.45) is 1.05. The maximum Gasteiger partial charge on any atom is 0.243 e. The average molecular weight is 347 g/mol. The van der Waals surface area contributed by atoms with Gasteiger partial charge in [0.15, 0.2) is 11.6 Å². The van der Waals surface area contributed by atoms with Gasteiger partial charge in [0, 0.05) is 30.7 Å². The van der Waals surface area contributed by atoms with Crippen molar-refractivity contribution in [2.75, 3.05) is 33.1 Å². The zero-order chi connectivity index (χ0) is 16.0. The number of hydrogen-bond acceptors (Lipinski definition) is 5. The van der Waals surface area contributed by atoms with Crippen molar-refractivity contribution in [2.45, 2.75) is 22.2 Å². The van der Waals surface area contributed by atoms with Crippen LogP contribution in [0.3, 0.4) is 0 Å². The molecule has 8 heteroatoms. The van der Waals surface area contributed by atoms with Crippen LogP contribution in [0, 0.1) is 5.82 Å². The number of nitrogens with zero attached hydrogens (tertiary/aromatic N) is 1. The van der Waals surface area contributed by atoms with Crippen LogP contribution >= 0.6 is 11.8 Å². The maximum atomic E-state index is 13.7. The number of benzene rings is 1. The first-order valence-electron chi connectivity index (χ1n) is 6.91. The molecule has 0 bridgehead atoms. The van der Waals surface area contributed by atoms with Crippen molar-refractivity contribution in [3.8, 4) is 5.75 Å². The summed E-state index contributed by atoms with van der Waals surface area (Å²) >= 11 is 1.76. The summed E-state index contributed by atoms with van der Waals surface area (Å²) in [6, 6.07) is 3.73. The fourth-order valence-corrected chi connectivity index (χ4v) is 6.28. The van der Waals surface area contributed by atoms with Gasteiger partial charge in [-0.3, -0.25) is 0 Å². The molecule has 2 aliphatic rings. The summed E-state index contributed by atoms with van der Waals surface area (Å²) in [5.41, 5.74) is 0. The highest BCUT2D eigenvalue weighted by Crippen LogP contribution is 2.47. The van der Waals surface area contributed by atoms with Gasteiger partial charge in [-0.25, -0.2) is 12.8 Å². The molecule has 122 valence electrons. The number of methoxy groups -OCH3 is 2. The van der Waals surface area contributed by atoms with Gasteiger partial charge < -0.3 is 9.47 Å². The van der Waals surface area contributed by atoms with E-state index in [1.165, 1.54) is 23.5 Å². The fraction of sp³-hybridized carbons (Fsp3) is 0.571. The van der Waals surface area contributed by atoms with Crippen LogP contribution in [0.4, 0.5) is 4.39 Å². The molecule has 5 nitrogen and oxygen atoms in total. The first kappa shape index (κ1) is 16.0. The fourth-order valence-electron chi connectivity index (χ4n) is 2.90. The number of hydrogen-bond donors (Lipinski definition) is 0. The summed E-state index contributed by atoms with van der Waals surface area (Å²) < 4.78 is 50.3. The van der Waals surface area contributed by atoms with Gasteiger partial charge in [-0.1, -0.05) is 0 Å². The van der Waals surface area contributed by atoms with E-state index in [2.05, 4.69) is 0 Å². The molecule has 0 aliphatic carbocycles. The lowest BCUT2D eigenvalue weighted by atomic mass is 9.96. The molecule has 2 fully saturated rings. The van der Waals surface area contributed by atoms with Crippen molar-refractivity contribution < 1.29 is 22.3 Å². The Morgan fingerprint density at radius 1 is 1.36 bits per heavy atom. The molecule has 1 aromatic carbocycles. The first-order valence-corrected chi connectivity index (χ1v) is 9.33. The Hall–Kier alpha value is -0.830. The van der Waals surface area contributed by atoms with Gasteiger partial charge >= 0.3 is 0 Å². The molecule has 0 amide bonds. The van der Waals surface area contributed by atoms with Crippen LogP contribution in [0.2, 0.25) is 0 Å². The summed E-state index contributed by atoms with van der Waals surface area (Å²) in [7, 11) is -0.633. The van der Waals surface area contributed by atoms with E-state index in [4.69, 9.17) is 9.47 Å². The molecule has 0 aromatic heterocycles. The van der Waals surface area contributed by atoms with Crippen LogP contribution in [-0.4, -0.2) is 56.6 Å². The van der Waals surface area contributed by atoms with Crippen molar-refractivity contribution in [2.24, 2.45) is 0 Å². The predicted octanol–water partition coefficient (Wildman–Crippen LogP) is 1.73. The minimum atomic E-state index is -3.65. The molecule has 2 saturated heterocycles. The topological polar surface area (TPSA) is 55.8 Å². The Labute approximate surface area is 133 Å².